The average Bonchev–Trinajstić information content (AvgIpc) is 2.36. The third-order valence-electron chi connectivity index (χ3n) is 2.17. The number of rotatable bonds is 2. The van der Waals surface area contributed by atoms with E-state index in [2.05, 4.69) is 15.9 Å². The Kier molecular flexibility index (Phi) is 3.85. The van der Waals surface area contributed by atoms with Gasteiger partial charge in [0.1, 0.15) is 5.75 Å². The van der Waals surface area contributed by atoms with Gasteiger partial charge in [-0.25, -0.2) is 4.39 Å². The molecule has 90 valence electrons. The zero-order chi connectivity index (χ0) is 13.1. The molecule has 0 bridgehead atoms. The summed E-state index contributed by atoms with van der Waals surface area (Å²) in [5.74, 6) is -0.123. The molecule has 0 radical (unpaired) electrons. The number of hydrogen-bond donors (Lipinski definition) is 0. The van der Waals surface area contributed by atoms with Crippen molar-refractivity contribution in [2.45, 2.75) is 0 Å². The summed E-state index contributed by atoms with van der Waals surface area (Å²) in [6.07, 6.45) is 0. The third-order valence-corrected chi connectivity index (χ3v) is 2.96. The summed E-state index contributed by atoms with van der Waals surface area (Å²) in [6, 6.07) is 10.9. The molecule has 18 heavy (non-hydrogen) atoms. The molecule has 0 saturated heterocycles. The van der Waals surface area contributed by atoms with E-state index in [0.717, 1.165) is 0 Å². The second-order valence-corrected chi connectivity index (χ2v) is 4.76. The molecule has 2 rings (SSSR count). The third kappa shape index (κ3) is 2.81. The number of ether oxygens (including phenoxy) is 1. The molecular formula is C13H6BrClFNO. The predicted octanol–water partition coefficient (Wildman–Crippen LogP) is 4.91. The van der Waals surface area contributed by atoms with Crippen LogP contribution < -0.4 is 4.74 Å². The highest BCUT2D eigenvalue weighted by atomic mass is 79.9. The summed E-state index contributed by atoms with van der Waals surface area (Å²) in [5.41, 5.74) is 0.419. The standard InChI is InChI=1S/C13H6BrClFNO/c14-9-2-3-11(16)13(6-9)18-12-4-1-8(7-17)5-10(12)15/h1-6H. The fraction of sp³-hybridized carbons (Fsp3) is 0. The molecule has 0 N–H and O–H groups in total. The summed E-state index contributed by atoms with van der Waals surface area (Å²) < 4.78 is 19.6. The van der Waals surface area contributed by atoms with Crippen molar-refractivity contribution < 1.29 is 9.13 Å². The van der Waals surface area contributed by atoms with E-state index in [1.165, 1.54) is 24.3 Å². The first-order valence-corrected chi connectivity index (χ1v) is 6.10. The Labute approximate surface area is 117 Å². The molecule has 0 amide bonds. The quantitative estimate of drug-likeness (QED) is 0.786. The van der Waals surface area contributed by atoms with Gasteiger partial charge in [0.05, 0.1) is 16.7 Å². The van der Waals surface area contributed by atoms with Crippen molar-refractivity contribution in [1.29, 1.82) is 5.26 Å². The molecule has 0 aliphatic carbocycles. The van der Waals surface area contributed by atoms with Crippen LogP contribution in [0.2, 0.25) is 5.02 Å². The molecule has 0 spiro atoms. The molecule has 2 aromatic carbocycles. The van der Waals surface area contributed by atoms with E-state index in [1.807, 2.05) is 6.07 Å². The Hall–Kier alpha value is -1.57. The number of hydrogen-bond acceptors (Lipinski definition) is 2. The van der Waals surface area contributed by atoms with Gasteiger partial charge in [0.25, 0.3) is 0 Å². The Morgan fingerprint density at radius 1 is 1.17 bits per heavy atom. The van der Waals surface area contributed by atoms with Gasteiger partial charge >= 0.3 is 0 Å². The van der Waals surface area contributed by atoms with Gasteiger partial charge < -0.3 is 4.74 Å². The molecule has 0 fully saturated rings. The summed E-state index contributed by atoms with van der Waals surface area (Å²) >= 11 is 9.17. The van der Waals surface area contributed by atoms with Gasteiger partial charge in [-0.2, -0.15) is 5.26 Å². The molecule has 0 aromatic heterocycles. The van der Waals surface area contributed by atoms with Crippen LogP contribution in [0.1, 0.15) is 5.56 Å². The maximum absolute atomic E-state index is 13.5. The van der Waals surface area contributed by atoms with Crippen molar-refractivity contribution in [3.05, 3.63) is 57.3 Å². The van der Waals surface area contributed by atoms with Crippen molar-refractivity contribution in [3.8, 4) is 17.6 Å². The van der Waals surface area contributed by atoms with Gasteiger partial charge in [-0.05, 0) is 36.4 Å². The van der Waals surface area contributed by atoms with Crippen molar-refractivity contribution in [2.24, 2.45) is 0 Å². The summed E-state index contributed by atoms with van der Waals surface area (Å²) in [5, 5.41) is 8.97. The fourth-order valence-electron chi connectivity index (χ4n) is 1.33. The van der Waals surface area contributed by atoms with E-state index in [9.17, 15) is 4.39 Å². The highest BCUT2D eigenvalue weighted by molar-refractivity contribution is 9.10. The lowest BCUT2D eigenvalue weighted by Crippen LogP contribution is -1.89. The largest absolute Gasteiger partial charge is 0.453 e. The lowest BCUT2D eigenvalue weighted by Gasteiger charge is -2.08. The molecular weight excluding hydrogens is 321 g/mol. The minimum Gasteiger partial charge on any atom is -0.453 e. The SMILES string of the molecule is N#Cc1ccc(Oc2cc(Br)ccc2F)c(Cl)c1. The topological polar surface area (TPSA) is 33.0 Å². The van der Waals surface area contributed by atoms with Crippen LogP contribution in [0.15, 0.2) is 40.9 Å². The smallest absolute Gasteiger partial charge is 0.165 e. The average molecular weight is 327 g/mol. The highest BCUT2D eigenvalue weighted by Gasteiger charge is 2.09. The van der Waals surface area contributed by atoms with Gasteiger partial charge in [0.2, 0.25) is 0 Å². The first-order valence-electron chi connectivity index (χ1n) is 4.92. The zero-order valence-corrected chi connectivity index (χ0v) is 11.3. The fourth-order valence-corrected chi connectivity index (χ4v) is 1.89. The molecule has 2 nitrogen and oxygen atoms in total. The number of nitrogens with zero attached hydrogens (tertiary/aromatic N) is 1. The molecule has 2 aromatic rings. The Balaban J connectivity index is 2.34. The van der Waals surface area contributed by atoms with Crippen LogP contribution in [-0.4, -0.2) is 0 Å². The number of halogens is 3. The van der Waals surface area contributed by atoms with Crippen molar-refractivity contribution in [3.63, 3.8) is 0 Å². The molecule has 0 unspecified atom stereocenters. The second kappa shape index (κ2) is 5.38. The monoisotopic (exact) mass is 325 g/mol. The predicted molar refractivity (Wildman–Crippen MR) is 70.3 cm³/mol. The molecule has 0 atom stereocenters. The minimum atomic E-state index is -0.487. The van der Waals surface area contributed by atoms with E-state index in [0.29, 0.717) is 15.8 Å². The van der Waals surface area contributed by atoms with E-state index in [4.69, 9.17) is 21.6 Å². The lowest BCUT2D eigenvalue weighted by atomic mass is 10.2. The van der Waals surface area contributed by atoms with Gasteiger partial charge in [0, 0.05) is 4.47 Å². The first-order chi connectivity index (χ1) is 8.60. The lowest BCUT2D eigenvalue weighted by molar-refractivity contribution is 0.442. The maximum Gasteiger partial charge on any atom is 0.165 e. The van der Waals surface area contributed by atoms with Crippen LogP contribution in [0.4, 0.5) is 4.39 Å². The van der Waals surface area contributed by atoms with Crippen molar-refractivity contribution >= 4 is 27.5 Å². The molecule has 0 aliphatic rings. The normalized spacial score (nSPS) is 9.89. The van der Waals surface area contributed by atoms with E-state index in [-0.39, 0.29) is 10.8 Å². The van der Waals surface area contributed by atoms with E-state index >= 15 is 0 Å². The van der Waals surface area contributed by atoms with Gasteiger partial charge in [-0.3, -0.25) is 0 Å². The van der Waals surface area contributed by atoms with E-state index < -0.39 is 5.82 Å². The van der Waals surface area contributed by atoms with Crippen LogP contribution in [0.3, 0.4) is 0 Å². The van der Waals surface area contributed by atoms with Crippen molar-refractivity contribution in [1.82, 2.24) is 0 Å². The molecule has 0 aliphatic heterocycles. The van der Waals surface area contributed by atoms with E-state index in [1.54, 1.807) is 12.1 Å². The summed E-state index contributed by atoms with van der Waals surface area (Å²) in [7, 11) is 0. The maximum atomic E-state index is 13.5. The van der Waals surface area contributed by atoms with Crippen LogP contribution in [0, 0.1) is 17.1 Å². The van der Waals surface area contributed by atoms with Gasteiger partial charge in [-0.1, -0.05) is 27.5 Å². The van der Waals surface area contributed by atoms with Gasteiger partial charge in [-0.15, -0.1) is 0 Å². The Morgan fingerprint density at radius 2 is 1.94 bits per heavy atom. The minimum absolute atomic E-state index is 0.0657. The van der Waals surface area contributed by atoms with Crippen LogP contribution in [0.25, 0.3) is 0 Å². The zero-order valence-electron chi connectivity index (χ0n) is 8.95. The molecule has 0 heterocycles. The van der Waals surface area contributed by atoms with Crippen molar-refractivity contribution in [2.75, 3.05) is 0 Å². The Morgan fingerprint density at radius 3 is 2.61 bits per heavy atom. The van der Waals surface area contributed by atoms with Crippen LogP contribution in [-0.2, 0) is 0 Å². The first kappa shape index (κ1) is 12.9. The van der Waals surface area contributed by atoms with Crippen LogP contribution >= 0.6 is 27.5 Å². The number of nitriles is 1. The highest BCUT2D eigenvalue weighted by Crippen LogP contribution is 2.32. The second-order valence-electron chi connectivity index (χ2n) is 3.43. The van der Waals surface area contributed by atoms with Gasteiger partial charge in [0.15, 0.2) is 11.6 Å². The molecule has 5 heteroatoms. The summed E-state index contributed by atoms with van der Waals surface area (Å²) in [4.78, 5) is 0. The Bertz CT molecular complexity index is 639. The number of benzene rings is 2. The summed E-state index contributed by atoms with van der Waals surface area (Å²) in [6.45, 7) is 0. The molecule has 0 saturated carbocycles. The van der Waals surface area contributed by atoms with Crippen LogP contribution in [0.5, 0.6) is 11.5 Å².